The third-order valence-electron chi connectivity index (χ3n) is 14.1. The van der Waals surface area contributed by atoms with Crippen LogP contribution in [0.4, 0.5) is 0 Å². The predicted molar refractivity (Wildman–Crippen MR) is 312 cm³/mol. The summed E-state index contributed by atoms with van der Waals surface area (Å²) in [6.45, 7) is 22.0. The first-order valence-electron chi connectivity index (χ1n) is 27.1. The van der Waals surface area contributed by atoms with Crippen LogP contribution in [-0.4, -0.2) is 154 Å². The normalized spacial score (nSPS) is 14.7. The van der Waals surface area contributed by atoms with E-state index in [1.54, 1.807) is 0 Å². The van der Waals surface area contributed by atoms with E-state index in [0.29, 0.717) is 0 Å². The molecule has 2 heterocycles. The highest BCUT2D eigenvalue weighted by atomic mass is 32.2. The van der Waals surface area contributed by atoms with Gasteiger partial charge in [0.1, 0.15) is 0 Å². The standard InChI is InChI=1S/C61H86N6OS3/c1-3-63(2)32-9-30-62-31-45-69-51-56-18-26-60(27-19-56)58-22-16-54(17-23-58)49-67(38-11-36-65-39-43-68-44-40-65)42-47-71-52-57-20-28-61(29-21-57)59-24-14-53(15-25-59)48-66(37-10-35-64-33-7-8-34-64)41-46-70-50-55-12-5-4-6-13-55/h4-6,12-29,62H,3,7-11,30-52H2,1-2H3. The average molecular weight is 1020 g/mol. The maximum absolute atomic E-state index is 5.62. The lowest BCUT2D eigenvalue weighted by molar-refractivity contribution is 0.0361. The molecule has 5 aromatic carbocycles. The maximum Gasteiger partial charge on any atom is 0.0594 e. The Morgan fingerprint density at radius 1 is 0.465 bits per heavy atom. The fraction of sp³-hybridized carbons (Fsp3) is 0.508. The smallest absolute Gasteiger partial charge is 0.0594 e. The molecule has 2 fully saturated rings. The van der Waals surface area contributed by atoms with Gasteiger partial charge >= 0.3 is 0 Å². The first-order valence-corrected chi connectivity index (χ1v) is 30.5. The summed E-state index contributed by atoms with van der Waals surface area (Å²) in [7, 11) is 2.20. The van der Waals surface area contributed by atoms with E-state index in [2.05, 4.69) is 195 Å². The van der Waals surface area contributed by atoms with Crippen LogP contribution in [0.1, 0.15) is 66.8 Å². The molecule has 0 atom stereocenters. The van der Waals surface area contributed by atoms with E-state index < -0.39 is 0 Å². The van der Waals surface area contributed by atoms with Gasteiger partial charge in [-0.15, -0.1) is 0 Å². The summed E-state index contributed by atoms with van der Waals surface area (Å²) in [6, 6.07) is 48.2. The van der Waals surface area contributed by atoms with Crippen molar-refractivity contribution in [3.8, 4) is 22.3 Å². The Morgan fingerprint density at radius 3 is 1.38 bits per heavy atom. The molecule has 5 aromatic rings. The minimum Gasteiger partial charge on any atom is -0.379 e. The zero-order valence-electron chi connectivity index (χ0n) is 43.5. The molecule has 0 aromatic heterocycles. The molecule has 7 nitrogen and oxygen atoms in total. The Balaban J connectivity index is 0.840. The largest absolute Gasteiger partial charge is 0.379 e. The topological polar surface area (TPSA) is 37.5 Å². The minimum absolute atomic E-state index is 0.866. The Labute approximate surface area is 443 Å². The molecule has 2 aliphatic rings. The van der Waals surface area contributed by atoms with Crippen molar-refractivity contribution in [2.75, 3.05) is 129 Å². The zero-order chi connectivity index (χ0) is 49.0. The van der Waals surface area contributed by atoms with Gasteiger partial charge in [0.05, 0.1) is 13.2 Å². The van der Waals surface area contributed by atoms with Gasteiger partial charge < -0.3 is 19.9 Å². The molecule has 0 aliphatic carbocycles. The molecule has 0 saturated carbocycles. The van der Waals surface area contributed by atoms with Crippen LogP contribution in [0.3, 0.4) is 0 Å². The molecule has 0 spiro atoms. The summed E-state index contributed by atoms with van der Waals surface area (Å²) in [5.41, 5.74) is 12.2. The monoisotopic (exact) mass is 1010 g/mol. The first kappa shape index (κ1) is 55.6. The summed E-state index contributed by atoms with van der Waals surface area (Å²) in [5.74, 6) is 6.63. The van der Waals surface area contributed by atoms with Crippen LogP contribution < -0.4 is 5.32 Å². The molecule has 384 valence electrons. The van der Waals surface area contributed by atoms with Crippen molar-refractivity contribution in [2.45, 2.75) is 69.4 Å². The van der Waals surface area contributed by atoms with Gasteiger partial charge in [-0.2, -0.15) is 35.3 Å². The van der Waals surface area contributed by atoms with Crippen LogP contribution >= 0.6 is 35.3 Å². The first-order chi connectivity index (χ1) is 35.1. The second-order valence-electron chi connectivity index (χ2n) is 19.7. The molecule has 7 rings (SSSR count). The third-order valence-corrected chi connectivity index (χ3v) is 17.2. The molecule has 0 radical (unpaired) electrons. The van der Waals surface area contributed by atoms with E-state index >= 15 is 0 Å². The molecule has 0 bridgehead atoms. The second kappa shape index (κ2) is 32.9. The molecule has 1 N–H and O–H groups in total. The van der Waals surface area contributed by atoms with Gasteiger partial charge in [0.15, 0.2) is 0 Å². The summed E-state index contributed by atoms with van der Waals surface area (Å²) in [6.07, 6.45) is 6.40. The summed E-state index contributed by atoms with van der Waals surface area (Å²) < 4.78 is 5.62. The van der Waals surface area contributed by atoms with Gasteiger partial charge in [-0.3, -0.25) is 14.7 Å². The van der Waals surface area contributed by atoms with Crippen molar-refractivity contribution in [2.24, 2.45) is 0 Å². The van der Waals surface area contributed by atoms with Crippen molar-refractivity contribution in [1.82, 2.24) is 29.8 Å². The molecular weight excluding hydrogens is 929 g/mol. The molecule has 71 heavy (non-hydrogen) atoms. The van der Waals surface area contributed by atoms with E-state index in [9.17, 15) is 0 Å². The van der Waals surface area contributed by atoms with Crippen LogP contribution in [-0.2, 0) is 35.1 Å². The van der Waals surface area contributed by atoms with Gasteiger partial charge in [0.2, 0.25) is 0 Å². The van der Waals surface area contributed by atoms with Crippen LogP contribution in [0, 0.1) is 0 Å². The Morgan fingerprint density at radius 2 is 0.901 bits per heavy atom. The number of nitrogens with one attached hydrogen (secondary N) is 1. The van der Waals surface area contributed by atoms with E-state index in [1.165, 1.54) is 108 Å². The Hall–Kier alpha value is -3.13. The fourth-order valence-electron chi connectivity index (χ4n) is 9.55. The predicted octanol–water partition coefficient (Wildman–Crippen LogP) is 11.9. The highest BCUT2D eigenvalue weighted by Gasteiger charge is 2.15. The van der Waals surface area contributed by atoms with E-state index in [1.807, 2.05) is 11.8 Å². The van der Waals surface area contributed by atoms with Gasteiger partial charge in [-0.25, -0.2) is 0 Å². The SMILES string of the molecule is CCN(C)CCCNCCSCc1ccc(-c2ccc(CN(CCCN3CCOCC3)CCSCc3ccc(-c4ccc(CN(CCCN5CCCC5)CCSCc5ccccc5)cc4)cc3)cc2)cc1. The number of thioether (sulfide) groups is 3. The molecule has 0 unspecified atom stereocenters. The third kappa shape index (κ3) is 21.3. The van der Waals surface area contributed by atoms with Crippen molar-refractivity contribution in [3.05, 3.63) is 155 Å². The second-order valence-corrected chi connectivity index (χ2v) is 23.0. The van der Waals surface area contributed by atoms with Crippen molar-refractivity contribution in [1.29, 1.82) is 0 Å². The number of likely N-dealkylation sites (tertiary alicyclic amines) is 1. The molecule has 10 heteroatoms. The Bertz CT molecular complexity index is 2130. The summed E-state index contributed by atoms with van der Waals surface area (Å²) in [4.78, 5) is 13.0. The number of hydrogen-bond donors (Lipinski definition) is 1. The fourth-order valence-corrected chi connectivity index (χ4v) is 12.3. The van der Waals surface area contributed by atoms with Crippen LogP contribution in [0.25, 0.3) is 22.3 Å². The van der Waals surface area contributed by atoms with Gasteiger partial charge in [-0.1, -0.05) is 134 Å². The lowest BCUT2D eigenvalue weighted by Crippen LogP contribution is -2.38. The summed E-state index contributed by atoms with van der Waals surface area (Å²) >= 11 is 6.14. The van der Waals surface area contributed by atoms with E-state index in [-0.39, 0.29) is 0 Å². The highest BCUT2D eigenvalue weighted by molar-refractivity contribution is 7.98. The zero-order valence-corrected chi connectivity index (χ0v) is 45.9. The molecule has 2 saturated heterocycles. The van der Waals surface area contributed by atoms with Crippen LogP contribution in [0.15, 0.2) is 127 Å². The van der Waals surface area contributed by atoms with Crippen LogP contribution in [0.5, 0.6) is 0 Å². The van der Waals surface area contributed by atoms with E-state index in [4.69, 9.17) is 4.74 Å². The maximum atomic E-state index is 5.62. The number of nitrogens with zero attached hydrogens (tertiary/aromatic N) is 5. The molecule has 0 amide bonds. The van der Waals surface area contributed by atoms with Crippen molar-refractivity contribution in [3.63, 3.8) is 0 Å². The lowest BCUT2D eigenvalue weighted by Gasteiger charge is -2.28. The van der Waals surface area contributed by atoms with Crippen molar-refractivity contribution >= 4 is 35.3 Å². The van der Waals surface area contributed by atoms with E-state index in [0.717, 1.165) is 126 Å². The van der Waals surface area contributed by atoms with Crippen LogP contribution in [0.2, 0.25) is 0 Å². The number of ether oxygens (including phenoxy) is 1. The summed E-state index contributed by atoms with van der Waals surface area (Å²) in [5, 5.41) is 3.60. The average Bonchev–Trinajstić information content (AvgIpc) is 3.94. The number of hydrogen-bond acceptors (Lipinski definition) is 10. The highest BCUT2D eigenvalue weighted by Crippen LogP contribution is 2.25. The minimum atomic E-state index is 0.866. The van der Waals surface area contributed by atoms with Gasteiger partial charge in [0.25, 0.3) is 0 Å². The number of rotatable bonds is 34. The van der Waals surface area contributed by atoms with Gasteiger partial charge in [0, 0.05) is 80.3 Å². The quantitative estimate of drug-likeness (QED) is 0.0403. The molecular formula is C61H86N6OS3. The van der Waals surface area contributed by atoms with Crippen molar-refractivity contribution < 1.29 is 4.74 Å². The Kier molecular flexibility index (Phi) is 25.8. The number of morpholine rings is 1. The molecule has 2 aliphatic heterocycles. The lowest BCUT2D eigenvalue weighted by atomic mass is 10.0. The number of benzene rings is 5. The van der Waals surface area contributed by atoms with Gasteiger partial charge in [-0.05, 0) is 148 Å².